The molecule has 112 valence electrons. The second-order valence-electron chi connectivity index (χ2n) is 4.50. The summed E-state index contributed by atoms with van der Waals surface area (Å²) in [5, 5.41) is 3.93. The third-order valence-corrected chi connectivity index (χ3v) is 4.46. The van der Waals surface area contributed by atoms with Crippen LogP contribution in [0.4, 0.5) is 4.39 Å². The minimum atomic E-state index is -0.344. The van der Waals surface area contributed by atoms with Gasteiger partial charge in [0.25, 0.3) is 0 Å². The van der Waals surface area contributed by atoms with Gasteiger partial charge in [0.15, 0.2) is 11.6 Å². The summed E-state index contributed by atoms with van der Waals surface area (Å²) < 4.78 is 18.7. The van der Waals surface area contributed by atoms with Gasteiger partial charge in [0.2, 0.25) is 0 Å². The van der Waals surface area contributed by atoms with Crippen molar-refractivity contribution in [2.75, 3.05) is 19.9 Å². The molecule has 0 radical (unpaired) electrons. The molecule has 2 nitrogen and oxygen atoms in total. The first-order valence-electron chi connectivity index (χ1n) is 6.53. The van der Waals surface area contributed by atoms with Crippen molar-refractivity contribution in [3.8, 4) is 5.75 Å². The number of halogens is 2. The topological polar surface area (TPSA) is 21.3 Å². The van der Waals surface area contributed by atoms with Gasteiger partial charge in [0, 0.05) is 21.7 Å². The Kier molecular flexibility index (Phi) is 5.91. The van der Waals surface area contributed by atoms with Gasteiger partial charge in [-0.05, 0) is 42.9 Å². The molecule has 2 aromatic carbocycles. The van der Waals surface area contributed by atoms with Gasteiger partial charge in [-0.2, -0.15) is 0 Å². The van der Waals surface area contributed by atoms with E-state index in [-0.39, 0.29) is 17.6 Å². The Morgan fingerprint density at radius 3 is 2.71 bits per heavy atom. The van der Waals surface area contributed by atoms with E-state index in [4.69, 9.17) is 16.3 Å². The summed E-state index contributed by atoms with van der Waals surface area (Å²) in [7, 11) is 3.33. The summed E-state index contributed by atoms with van der Waals surface area (Å²) in [6, 6.07) is 12.8. The molecule has 0 spiro atoms. The minimum absolute atomic E-state index is 0.0504. The highest BCUT2D eigenvalue weighted by Gasteiger charge is 2.13. The van der Waals surface area contributed by atoms with Gasteiger partial charge in [-0.1, -0.05) is 23.7 Å². The van der Waals surface area contributed by atoms with E-state index in [9.17, 15) is 4.39 Å². The summed E-state index contributed by atoms with van der Waals surface area (Å²) in [6.07, 6.45) is 0. The number of hydrogen-bond acceptors (Lipinski definition) is 3. The van der Waals surface area contributed by atoms with Crippen LogP contribution in [0.15, 0.2) is 47.4 Å². The first kappa shape index (κ1) is 16.1. The number of nitrogens with one attached hydrogen (secondary N) is 1. The summed E-state index contributed by atoms with van der Waals surface area (Å²) in [5.74, 6) is 0.696. The fraction of sp³-hybridized carbons (Fsp3) is 0.250. The molecule has 0 fully saturated rings. The van der Waals surface area contributed by atoms with E-state index in [1.54, 1.807) is 17.8 Å². The molecule has 2 aromatic rings. The van der Waals surface area contributed by atoms with Crippen LogP contribution in [0.5, 0.6) is 5.75 Å². The van der Waals surface area contributed by atoms with Crippen molar-refractivity contribution in [1.29, 1.82) is 0 Å². The van der Waals surface area contributed by atoms with E-state index in [1.165, 1.54) is 13.2 Å². The molecular weight excluding hydrogens is 309 g/mol. The summed E-state index contributed by atoms with van der Waals surface area (Å²) in [5.41, 5.74) is 0.894. The van der Waals surface area contributed by atoms with E-state index >= 15 is 0 Å². The predicted molar refractivity (Wildman–Crippen MR) is 86.9 cm³/mol. The van der Waals surface area contributed by atoms with Gasteiger partial charge in [0.05, 0.1) is 7.11 Å². The largest absolute Gasteiger partial charge is 0.494 e. The quantitative estimate of drug-likeness (QED) is 0.788. The highest BCUT2D eigenvalue weighted by Crippen LogP contribution is 2.28. The van der Waals surface area contributed by atoms with E-state index in [1.807, 2.05) is 37.4 Å². The van der Waals surface area contributed by atoms with E-state index < -0.39 is 0 Å². The van der Waals surface area contributed by atoms with Crippen molar-refractivity contribution in [3.63, 3.8) is 0 Å². The molecule has 0 heterocycles. The third kappa shape index (κ3) is 4.37. The predicted octanol–water partition coefficient (Wildman–Crippen LogP) is 4.54. The number of thioether (sulfide) groups is 1. The molecular formula is C16H17ClFNOS. The van der Waals surface area contributed by atoms with E-state index in [0.717, 1.165) is 21.2 Å². The Balaban J connectivity index is 2.07. The third-order valence-electron chi connectivity index (χ3n) is 3.14. The zero-order valence-electron chi connectivity index (χ0n) is 11.9. The molecule has 0 bridgehead atoms. The average Bonchev–Trinajstić information content (AvgIpc) is 2.48. The second kappa shape index (κ2) is 7.69. The molecule has 0 aliphatic carbocycles. The summed E-state index contributed by atoms with van der Waals surface area (Å²) >= 11 is 7.65. The maximum atomic E-state index is 13.8. The van der Waals surface area contributed by atoms with Gasteiger partial charge < -0.3 is 10.1 Å². The SMILES string of the molecule is CNC(CSc1cccc(Cl)c1)c1ccc(OC)c(F)c1. The molecule has 1 atom stereocenters. The zero-order chi connectivity index (χ0) is 15.2. The van der Waals surface area contributed by atoms with Crippen LogP contribution in [-0.4, -0.2) is 19.9 Å². The van der Waals surface area contributed by atoms with Gasteiger partial charge in [0.1, 0.15) is 0 Å². The van der Waals surface area contributed by atoms with Crippen LogP contribution in [0.25, 0.3) is 0 Å². The van der Waals surface area contributed by atoms with Crippen LogP contribution in [0.1, 0.15) is 11.6 Å². The Hall–Kier alpha value is -1.23. The molecule has 0 amide bonds. The normalized spacial score (nSPS) is 12.2. The van der Waals surface area contributed by atoms with Crippen molar-refractivity contribution >= 4 is 23.4 Å². The fourth-order valence-electron chi connectivity index (χ4n) is 1.98. The average molecular weight is 326 g/mol. The van der Waals surface area contributed by atoms with Crippen LogP contribution in [-0.2, 0) is 0 Å². The number of ether oxygens (including phenoxy) is 1. The molecule has 1 N–H and O–H groups in total. The summed E-state index contributed by atoms with van der Waals surface area (Å²) in [6.45, 7) is 0. The first-order valence-corrected chi connectivity index (χ1v) is 7.89. The van der Waals surface area contributed by atoms with Crippen molar-refractivity contribution in [3.05, 3.63) is 58.9 Å². The molecule has 2 rings (SSSR count). The van der Waals surface area contributed by atoms with Gasteiger partial charge in [-0.25, -0.2) is 4.39 Å². The lowest BCUT2D eigenvalue weighted by molar-refractivity contribution is 0.385. The Labute approximate surface area is 133 Å². The first-order chi connectivity index (χ1) is 10.1. The van der Waals surface area contributed by atoms with Crippen LogP contribution in [0.3, 0.4) is 0 Å². The van der Waals surface area contributed by atoms with Crippen LogP contribution >= 0.6 is 23.4 Å². The fourth-order valence-corrected chi connectivity index (χ4v) is 3.34. The highest BCUT2D eigenvalue weighted by molar-refractivity contribution is 7.99. The van der Waals surface area contributed by atoms with Crippen molar-refractivity contribution in [1.82, 2.24) is 5.32 Å². The molecule has 0 saturated heterocycles. The molecule has 0 saturated carbocycles. The number of methoxy groups -OCH3 is 1. The Morgan fingerprint density at radius 1 is 1.29 bits per heavy atom. The molecule has 0 aliphatic heterocycles. The Bertz CT molecular complexity index is 609. The smallest absolute Gasteiger partial charge is 0.165 e. The number of rotatable bonds is 6. The molecule has 21 heavy (non-hydrogen) atoms. The molecule has 1 unspecified atom stereocenters. The lowest BCUT2D eigenvalue weighted by Crippen LogP contribution is -2.18. The molecule has 0 aliphatic rings. The maximum Gasteiger partial charge on any atom is 0.165 e. The van der Waals surface area contributed by atoms with Crippen LogP contribution < -0.4 is 10.1 Å². The van der Waals surface area contributed by atoms with E-state index in [2.05, 4.69) is 5.32 Å². The number of benzene rings is 2. The van der Waals surface area contributed by atoms with Gasteiger partial charge in [-0.15, -0.1) is 11.8 Å². The van der Waals surface area contributed by atoms with Crippen LogP contribution in [0, 0.1) is 5.82 Å². The maximum absolute atomic E-state index is 13.8. The zero-order valence-corrected chi connectivity index (χ0v) is 13.5. The van der Waals surface area contributed by atoms with Gasteiger partial charge >= 0.3 is 0 Å². The molecule has 5 heteroatoms. The minimum Gasteiger partial charge on any atom is -0.494 e. The molecule has 0 aromatic heterocycles. The van der Waals surface area contributed by atoms with Crippen molar-refractivity contribution in [2.45, 2.75) is 10.9 Å². The lowest BCUT2D eigenvalue weighted by atomic mass is 10.1. The second-order valence-corrected chi connectivity index (χ2v) is 6.03. The van der Waals surface area contributed by atoms with E-state index in [0.29, 0.717) is 0 Å². The standard InChI is InChI=1S/C16H17ClFNOS/c1-19-15(10-21-13-5-3-4-12(17)9-13)11-6-7-16(20-2)14(18)8-11/h3-9,15,19H,10H2,1-2H3. The van der Waals surface area contributed by atoms with Gasteiger partial charge in [-0.3, -0.25) is 0 Å². The lowest BCUT2D eigenvalue weighted by Gasteiger charge is -2.17. The van der Waals surface area contributed by atoms with Crippen molar-refractivity contribution in [2.24, 2.45) is 0 Å². The summed E-state index contributed by atoms with van der Waals surface area (Å²) in [4.78, 5) is 1.09. The Morgan fingerprint density at radius 2 is 2.10 bits per heavy atom. The highest BCUT2D eigenvalue weighted by atomic mass is 35.5. The van der Waals surface area contributed by atoms with Crippen LogP contribution in [0.2, 0.25) is 5.02 Å². The monoisotopic (exact) mass is 325 g/mol. The number of hydrogen-bond donors (Lipinski definition) is 1. The van der Waals surface area contributed by atoms with Crippen molar-refractivity contribution < 1.29 is 9.13 Å².